The van der Waals surface area contributed by atoms with Gasteiger partial charge >= 0.3 is 5.97 Å². The van der Waals surface area contributed by atoms with Crippen LogP contribution in [0.25, 0.3) is 0 Å². The zero-order valence-electron chi connectivity index (χ0n) is 14.2. The highest BCUT2D eigenvalue weighted by molar-refractivity contribution is 5.98. The fraction of sp³-hybridized carbons (Fsp3) is 0.500. The summed E-state index contributed by atoms with van der Waals surface area (Å²) >= 11 is 0. The molecule has 0 bridgehead atoms. The molecule has 0 aromatic heterocycles. The minimum Gasteiger partial charge on any atom is -0.493 e. The average Bonchev–Trinajstić information content (AvgIpc) is 2.93. The van der Waals surface area contributed by atoms with Crippen molar-refractivity contribution in [1.82, 2.24) is 10.2 Å². The van der Waals surface area contributed by atoms with E-state index in [2.05, 4.69) is 5.32 Å². The van der Waals surface area contributed by atoms with Crippen LogP contribution in [-0.4, -0.2) is 68.9 Å². The van der Waals surface area contributed by atoms with Gasteiger partial charge in [-0.2, -0.15) is 0 Å². The molecule has 2 N–H and O–H groups in total. The van der Waals surface area contributed by atoms with Gasteiger partial charge in [-0.05, 0) is 25.6 Å². The van der Waals surface area contributed by atoms with Crippen LogP contribution in [0.2, 0.25) is 0 Å². The number of nitrogens with one attached hydrogen (secondary N) is 1. The van der Waals surface area contributed by atoms with Gasteiger partial charge in [-0.15, -0.1) is 0 Å². The first-order valence-corrected chi connectivity index (χ1v) is 7.45. The van der Waals surface area contributed by atoms with Crippen molar-refractivity contribution in [3.05, 3.63) is 17.7 Å². The van der Waals surface area contributed by atoms with Crippen molar-refractivity contribution in [3.63, 3.8) is 0 Å². The molecular weight excluding hydrogens is 316 g/mol. The first-order chi connectivity index (χ1) is 11.4. The summed E-state index contributed by atoms with van der Waals surface area (Å²) in [5, 5.41) is 12.0. The highest BCUT2D eigenvalue weighted by atomic mass is 16.5. The molecule has 1 aliphatic rings. The summed E-state index contributed by atoms with van der Waals surface area (Å²) in [6, 6.07) is 2.36. The number of likely N-dealkylation sites (N-methyl/N-ethyl adjacent to an activating group) is 1. The van der Waals surface area contributed by atoms with Crippen molar-refractivity contribution in [2.24, 2.45) is 0 Å². The van der Waals surface area contributed by atoms with E-state index in [-0.39, 0.29) is 17.7 Å². The van der Waals surface area contributed by atoms with E-state index in [1.165, 1.54) is 21.3 Å². The van der Waals surface area contributed by atoms with E-state index in [1.54, 1.807) is 24.1 Å². The van der Waals surface area contributed by atoms with Crippen LogP contribution in [0, 0.1) is 0 Å². The van der Waals surface area contributed by atoms with Gasteiger partial charge in [0.05, 0.1) is 26.9 Å². The number of carboxylic acid groups (broad SMARTS) is 1. The molecule has 1 aromatic rings. The highest BCUT2D eigenvalue weighted by Gasteiger charge is 2.35. The molecule has 1 fully saturated rings. The second-order valence-electron chi connectivity index (χ2n) is 5.58. The number of benzene rings is 1. The van der Waals surface area contributed by atoms with Gasteiger partial charge in [-0.1, -0.05) is 0 Å². The van der Waals surface area contributed by atoms with Gasteiger partial charge in [0, 0.05) is 12.6 Å². The lowest BCUT2D eigenvalue weighted by Crippen LogP contribution is -2.36. The molecule has 0 radical (unpaired) electrons. The molecule has 1 amide bonds. The van der Waals surface area contributed by atoms with Crippen LogP contribution in [-0.2, 0) is 4.79 Å². The zero-order chi connectivity index (χ0) is 17.9. The summed E-state index contributed by atoms with van der Waals surface area (Å²) in [5.74, 6) is -0.178. The Labute approximate surface area is 140 Å². The molecule has 1 aromatic carbocycles. The Hall–Kier alpha value is -2.48. The molecule has 0 spiro atoms. The van der Waals surface area contributed by atoms with Crippen LogP contribution in [0.4, 0.5) is 0 Å². The fourth-order valence-corrected chi connectivity index (χ4v) is 2.94. The minimum atomic E-state index is -0.891. The Morgan fingerprint density at radius 3 is 2.33 bits per heavy atom. The predicted octanol–water partition coefficient (Wildman–Crippen LogP) is 0.600. The molecule has 132 valence electrons. The average molecular weight is 338 g/mol. The lowest BCUT2D eigenvalue weighted by atomic mass is 10.1. The number of likely N-dealkylation sites (tertiary alicyclic amines) is 1. The first-order valence-electron chi connectivity index (χ1n) is 7.45. The predicted molar refractivity (Wildman–Crippen MR) is 86.0 cm³/mol. The maximum absolute atomic E-state index is 12.6. The maximum atomic E-state index is 12.6. The number of carboxylic acids is 1. The van der Waals surface area contributed by atoms with E-state index < -0.39 is 12.0 Å². The largest absolute Gasteiger partial charge is 0.493 e. The van der Waals surface area contributed by atoms with Crippen molar-refractivity contribution in [1.29, 1.82) is 0 Å². The lowest BCUT2D eigenvalue weighted by Gasteiger charge is -2.17. The number of amides is 1. The van der Waals surface area contributed by atoms with Crippen LogP contribution in [0.3, 0.4) is 0 Å². The normalized spacial score (nSPS) is 20.5. The molecule has 1 saturated heterocycles. The van der Waals surface area contributed by atoms with E-state index in [1.807, 2.05) is 0 Å². The second kappa shape index (κ2) is 7.39. The number of carbonyl (C=O) groups excluding carboxylic acids is 1. The number of hydrogen-bond acceptors (Lipinski definition) is 6. The van der Waals surface area contributed by atoms with Crippen molar-refractivity contribution < 1.29 is 28.9 Å². The number of carbonyl (C=O) groups is 2. The molecule has 0 saturated carbocycles. The van der Waals surface area contributed by atoms with Crippen molar-refractivity contribution in [2.75, 3.05) is 34.9 Å². The van der Waals surface area contributed by atoms with Crippen LogP contribution in [0.1, 0.15) is 16.8 Å². The van der Waals surface area contributed by atoms with E-state index >= 15 is 0 Å². The van der Waals surface area contributed by atoms with E-state index in [0.29, 0.717) is 30.0 Å². The maximum Gasteiger partial charge on any atom is 0.320 e. The number of hydrogen-bond donors (Lipinski definition) is 2. The summed E-state index contributed by atoms with van der Waals surface area (Å²) in [5.41, 5.74) is 0.302. The standard InChI is InChI=1S/C16H22N2O6/c1-18-8-9(7-11(18)16(20)21)17-15(19)10-5-6-12(22-2)14(24-4)13(10)23-3/h5-6,9,11H,7-8H2,1-4H3,(H,17,19)(H,20,21)/t9-,11-/m0/s1. The number of methoxy groups -OCH3 is 3. The highest BCUT2D eigenvalue weighted by Crippen LogP contribution is 2.39. The molecule has 0 aliphatic carbocycles. The minimum absolute atomic E-state index is 0.249. The van der Waals surface area contributed by atoms with Crippen molar-refractivity contribution in [2.45, 2.75) is 18.5 Å². The number of aliphatic carboxylic acids is 1. The van der Waals surface area contributed by atoms with E-state index in [0.717, 1.165) is 0 Å². The smallest absolute Gasteiger partial charge is 0.320 e. The third-order valence-electron chi connectivity index (χ3n) is 4.12. The molecule has 24 heavy (non-hydrogen) atoms. The van der Waals surface area contributed by atoms with Gasteiger partial charge in [0.15, 0.2) is 11.5 Å². The van der Waals surface area contributed by atoms with Crippen LogP contribution in [0.5, 0.6) is 17.2 Å². The van der Waals surface area contributed by atoms with Gasteiger partial charge in [-0.25, -0.2) is 0 Å². The lowest BCUT2D eigenvalue weighted by molar-refractivity contribution is -0.141. The Morgan fingerprint density at radius 2 is 1.83 bits per heavy atom. The summed E-state index contributed by atoms with van der Waals surface area (Å²) in [6.07, 6.45) is 0.354. The first kappa shape index (κ1) is 17.9. The Kier molecular flexibility index (Phi) is 5.50. The molecule has 1 aliphatic heterocycles. The number of rotatable bonds is 6. The Balaban J connectivity index is 2.20. The number of nitrogens with zero attached hydrogens (tertiary/aromatic N) is 1. The summed E-state index contributed by atoms with van der Waals surface area (Å²) in [4.78, 5) is 25.4. The Bertz CT molecular complexity index is 633. The van der Waals surface area contributed by atoms with Crippen LogP contribution in [0.15, 0.2) is 12.1 Å². The molecular formula is C16H22N2O6. The van der Waals surface area contributed by atoms with Crippen LogP contribution < -0.4 is 19.5 Å². The summed E-state index contributed by atoms with van der Waals surface area (Å²) in [6.45, 7) is 0.471. The van der Waals surface area contributed by atoms with Crippen molar-refractivity contribution in [3.8, 4) is 17.2 Å². The van der Waals surface area contributed by atoms with E-state index in [9.17, 15) is 9.59 Å². The van der Waals surface area contributed by atoms with Gasteiger partial charge in [0.2, 0.25) is 5.75 Å². The fourth-order valence-electron chi connectivity index (χ4n) is 2.94. The third-order valence-corrected chi connectivity index (χ3v) is 4.12. The van der Waals surface area contributed by atoms with Gasteiger partial charge in [-0.3, -0.25) is 14.5 Å². The van der Waals surface area contributed by atoms with Gasteiger partial charge < -0.3 is 24.6 Å². The molecule has 1 heterocycles. The molecule has 2 atom stereocenters. The molecule has 8 heteroatoms. The SMILES string of the molecule is COc1ccc(C(=O)N[C@H]2C[C@@H](C(=O)O)N(C)C2)c(OC)c1OC. The van der Waals surface area contributed by atoms with Crippen molar-refractivity contribution >= 4 is 11.9 Å². The molecule has 2 rings (SSSR count). The Morgan fingerprint density at radius 1 is 1.17 bits per heavy atom. The second-order valence-corrected chi connectivity index (χ2v) is 5.58. The zero-order valence-corrected chi connectivity index (χ0v) is 14.2. The molecule has 0 unspecified atom stereocenters. The van der Waals surface area contributed by atoms with Gasteiger partial charge in [0.1, 0.15) is 6.04 Å². The van der Waals surface area contributed by atoms with Gasteiger partial charge in [0.25, 0.3) is 5.91 Å². The quantitative estimate of drug-likeness (QED) is 0.784. The summed E-state index contributed by atoms with van der Waals surface area (Å²) in [7, 11) is 6.13. The third kappa shape index (κ3) is 3.38. The molecule has 8 nitrogen and oxygen atoms in total. The number of ether oxygens (including phenoxy) is 3. The monoisotopic (exact) mass is 338 g/mol. The van der Waals surface area contributed by atoms with Crippen LogP contribution >= 0.6 is 0 Å². The summed E-state index contributed by atoms with van der Waals surface area (Å²) < 4.78 is 15.8. The van der Waals surface area contributed by atoms with E-state index in [4.69, 9.17) is 19.3 Å². The topological polar surface area (TPSA) is 97.3 Å².